The molecule has 0 radical (unpaired) electrons. The van der Waals surface area contributed by atoms with Gasteiger partial charge >= 0.3 is 0 Å². The first-order valence-corrected chi connectivity index (χ1v) is 12.2. The Morgan fingerprint density at radius 2 is 2.00 bits per heavy atom. The number of para-hydroxylation sites is 2. The van der Waals surface area contributed by atoms with Crippen molar-refractivity contribution in [3.8, 4) is 11.8 Å². The molecule has 0 unspecified atom stereocenters. The molecule has 35 heavy (non-hydrogen) atoms. The highest BCUT2D eigenvalue weighted by Crippen LogP contribution is 2.24. The second-order valence-electron chi connectivity index (χ2n) is 7.95. The number of rotatable bonds is 9. The Hall–Kier alpha value is -3.67. The summed E-state index contributed by atoms with van der Waals surface area (Å²) in [5.41, 5.74) is 3.13. The standard InChI is InChI=1S/C27H29N3O4S/c1-5-34-23-10-7-6-9-22(23)29-25(31)21(17-28)27-30(13-8-14-33-4)26(32)24(35-27)16-20-15-18(2)11-12-19(20)3/h6-7,9-12,15-16H,5,8,13-14H2,1-4H3,(H,29,31)/b24-16-,27-21-. The number of nitriles is 1. The van der Waals surface area contributed by atoms with E-state index >= 15 is 0 Å². The number of hydrogen-bond acceptors (Lipinski definition) is 6. The second-order valence-corrected chi connectivity index (χ2v) is 8.98. The van der Waals surface area contributed by atoms with E-state index in [-0.39, 0.29) is 11.1 Å². The quantitative estimate of drug-likeness (QED) is 0.465. The monoisotopic (exact) mass is 491 g/mol. The number of hydrogen-bond donors (Lipinski definition) is 1. The second kappa shape index (κ2) is 12.2. The summed E-state index contributed by atoms with van der Waals surface area (Å²) in [4.78, 5) is 26.5. The van der Waals surface area contributed by atoms with Crippen molar-refractivity contribution < 1.29 is 14.3 Å². The predicted molar refractivity (Wildman–Crippen MR) is 139 cm³/mol. The zero-order chi connectivity index (χ0) is 25.4. The van der Waals surface area contributed by atoms with Crippen LogP contribution in [0.5, 0.6) is 5.75 Å². The molecule has 0 bridgehead atoms. The van der Waals surface area contributed by atoms with Gasteiger partial charge in [-0.3, -0.25) is 14.2 Å². The highest BCUT2D eigenvalue weighted by molar-refractivity contribution is 7.07. The van der Waals surface area contributed by atoms with E-state index in [0.717, 1.165) is 28.0 Å². The van der Waals surface area contributed by atoms with Gasteiger partial charge in [0.1, 0.15) is 16.5 Å². The number of nitrogens with zero attached hydrogens (tertiary/aromatic N) is 2. The number of anilines is 1. The molecular weight excluding hydrogens is 462 g/mol. The summed E-state index contributed by atoms with van der Waals surface area (Å²) in [6, 6.07) is 15.1. The molecular formula is C27H29N3O4S. The van der Waals surface area contributed by atoms with Crippen molar-refractivity contribution in [3.63, 3.8) is 0 Å². The van der Waals surface area contributed by atoms with Gasteiger partial charge in [-0.05, 0) is 56.5 Å². The van der Waals surface area contributed by atoms with Gasteiger partial charge in [-0.15, -0.1) is 11.3 Å². The summed E-state index contributed by atoms with van der Waals surface area (Å²) in [7, 11) is 1.59. The van der Waals surface area contributed by atoms with E-state index in [9.17, 15) is 14.9 Å². The average Bonchev–Trinajstić information content (AvgIpc) is 3.13. The molecule has 0 saturated carbocycles. The minimum Gasteiger partial charge on any atom is -0.492 e. The van der Waals surface area contributed by atoms with Crippen LogP contribution < -0.4 is 24.8 Å². The topological polar surface area (TPSA) is 93.4 Å². The minimum atomic E-state index is -0.598. The molecule has 0 aliphatic carbocycles. The molecule has 0 atom stereocenters. The summed E-state index contributed by atoms with van der Waals surface area (Å²) in [6.07, 6.45) is 2.39. The van der Waals surface area contributed by atoms with E-state index in [0.29, 0.717) is 46.8 Å². The molecule has 3 aromatic rings. The van der Waals surface area contributed by atoms with E-state index in [1.165, 1.54) is 4.57 Å². The highest BCUT2D eigenvalue weighted by Gasteiger charge is 2.17. The fourth-order valence-electron chi connectivity index (χ4n) is 3.56. The van der Waals surface area contributed by atoms with Crippen LogP contribution in [0.3, 0.4) is 0 Å². The van der Waals surface area contributed by atoms with Gasteiger partial charge < -0.3 is 14.8 Å². The maximum absolute atomic E-state index is 13.4. The lowest BCUT2D eigenvalue weighted by Crippen LogP contribution is -2.34. The van der Waals surface area contributed by atoms with Crippen molar-refractivity contribution in [1.29, 1.82) is 5.26 Å². The summed E-state index contributed by atoms with van der Waals surface area (Å²) in [6.45, 7) is 7.03. The van der Waals surface area contributed by atoms with E-state index in [2.05, 4.69) is 5.32 Å². The Balaban J connectivity index is 2.17. The molecule has 0 spiro atoms. The lowest BCUT2D eigenvalue weighted by atomic mass is 10.1. The van der Waals surface area contributed by atoms with E-state index < -0.39 is 5.91 Å². The lowest BCUT2D eigenvalue weighted by molar-refractivity contribution is -0.111. The number of nitrogens with one attached hydrogen (secondary N) is 1. The fraction of sp³-hybridized carbons (Fsp3) is 0.296. The van der Waals surface area contributed by atoms with Crippen molar-refractivity contribution in [3.05, 3.63) is 78.7 Å². The number of carbonyl (C=O) groups excluding carboxylic acids is 1. The maximum Gasteiger partial charge on any atom is 0.269 e. The van der Waals surface area contributed by atoms with Crippen LogP contribution >= 0.6 is 11.3 Å². The molecule has 0 aliphatic rings. The zero-order valence-corrected chi connectivity index (χ0v) is 21.2. The minimum absolute atomic E-state index is 0.128. The molecule has 8 heteroatoms. The number of amides is 1. The van der Waals surface area contributed by atoms with Crippen molar-refractivity contribution in [2.75, 3.05) is 25.6 Å². The SMILES string of the molecule is CCOc1ccccc1NC(=O)/C(C#N)=c1\s/c(=C\c2cc(C)ccc2C)c(=O)n1CCCOC. The molecule has 2 aromatic carbocycles. The summed E-state index contributed by atoms with van der Waals surface area (Å²) in [5.74, 6) is -0.0899. The molecule has 3 rings (SSSR count). The van der Waals surface area contributed by atoms with Crippen LogP contribution in [-0.4, -0.2) is 30.8 Å². The largest absolute Gasteiger partial charge is 0.492 e. The van der Waals surface area contributed by atoms with Crippen LogP contribution in [0.2, 0.25) is 0 Å². The van der Waals surface area contributed by atoms with Crippen molar-refractivity contribution in [2.24, 2.45) is 0 Å². The lowest BCUT2D eigenvalue weighted by Gasteiger charge is -2.11. The van der Waals surface area contributed by atoms with Gasteiger partial charge in [0, 0.05) is 20.3 Å². The normalized spacial score (nSPS) is 12.3. The summed E-state index contributed by atoms with van der Waals surface area (Å²) >= 11 is 1.14. The van der Waals surface area contributed by atoms with E-state index in [1.807, 2.05) is 51.1 Å². The Morgan fingerprint density at radius 1 is 1.23 bits per heavy atom. The number of carbonyl (C=O) groups is 1. The van der Waals surface area contributed by atoms with Crippen LogP contribution in [0, 0.1) is 25.2 Å². The number of benzene rings is 2. The Morgan fingerprint density at radius 3 is 2.71 bits per heavy atom. The number of aromatic nitrogens is 1. The highest BCUT2D eigenvalue weighted by atomic mass is 32.1. The van der Waals surface area contributed by atoms with Crippen molar-refractivity contribution in [2.45, 2.75) is 33.7 Å². The molecule has 0 saturated heterocycles. The van der Waals surface area contributed by atoms with Crippen LogP contribution in [0.1, 0.15) is 30.0 Å². The van der Waals surface area contributed by atoms with Gasteiger partial charge in [-0.2, -0.15) is 5.26 Å². The van der Waals surface area contributed by atoms with Crippen LogP contribution in [0.15, 0.2) is 47.3 Å². The van der Waals surface area contributed by atoms with E-state index in [4.69, 9.17) is 9.47 Å². The smallest absolute Gasteiger partial charge is 0.269 e. The van der Waals surface area contributed by atoms with Gasteiger partial charge in [-0.1, -0.05) is 35.9 Å². The van der Waals surface area contributed by atoms with Gasteiger partial charge in [0.15, 0.2) is 5.57 Å². The molecule has 1 heterocycles. The predicted octanol–water partition coefficient (Wildman–Crippen LogP) is 3.10. The molecule has 1 aromatic heterocycles. The summed E-state index contributed by atoms with van der Waals surface area (Å²) in [5, 5.41) is 12.7. The number of methoxy groups -OCH3 is 1. The third kappa shape index (κ3) is 6.27. The Bertz CT molecular complexity index is 1430. The first-order chi connectivity index (χ1) is 16.9. The van der Waals surface area contributed by atoms with Gasteiger partial charge in [0.05, 0.1) is 16.8 Å². The Kier molecular flexibility index (Phi) is 9.01. The zero-order valence-electron chi connectivity index (χ0n) is 20.4. The first kappa shape index (κ1) is 25.9. The molecule has 182 valence electrons. The number of ether oxygens (including phenoxy) is 2. The van der Waals surface area contributed by atoms with Gasteiger partial charge in [-0.25, -0.2) is 0 Å². The van der Waals surface area contributed by atoms with Gasteiger partial charge in [0.2, 0.25) is 0 Å². The Labute approximate surface area is 208 Å². The third-order valence-electron chi connectivity index (χ3n) is 5.35. The van der Waals surface area contributed by atoms with Gasteiger partial charge in [0.25, 0.3) is 11.5 Å². The van der Waals surface area contributed by atoms with Crippen molar-refractivity contribution in [1.82, 2.24) is 4.57 Å². The van der Waals surface area contributed by atoms with E-state index in [1.54, 1.807) is 31.4 Å². The fourth-order valence-corrected chi connectivity index (χ4v) is 4.68. The van der Waals surface area contributed by atoms with Crippen LogP contribution in [-0.2, 0) is 16.1 Å². The number of aryl methyl sites for hydroxylation is 2. The van der Waals surface area contributed by atoms with Crippen molar-refractivity contribution >= 4 is 34.6 Å². The first-order valence-electron chi connectivity index (χ1n) is 11.3. The van der Waals surface area contributed by atoms with Crippen LogP contribution in [0.25, 0.3) is 11.6 Å². The maximum atomic E-state index is 13.4. The average molecular weight is 492 g/mol. The molecule has 1 amide bonds. The third-order valence-corrected chi connectivity index (χ3v) is 6.48. The molecule has 7 nitrogen and oxygen atoms in total. The molecule has 0 aliphatic heterocycles. The van der Waals surface area contributed by atoms with Crippen LogP contribution in [0.4, 0.5) is 5.69 Å². The number of thiazole rings is 1. The summed E-state index contributed by atoms with van der Waals surface area (Å²) < 4.78 is 13.0. The molecule has 0 fully saturated rings. The molecule has 1 N–H and O–H groups in total.